The van der Waals surface area contributed by atoms with Gasteiger partial charge < -0.3 is 9.73 Å². The van der Waals surface area contributed by atoms with E-state index in [2.05, 4.69) is 10.0 Å². The lowest BCUT2D eigenvalue weighted by Gasteiger charge is -2.17. The molecule has 30 heavy (non-hydrogen) atoms. The summed E-state index contributed by atoms with van der Waals surface area (Å²) in [6, 6.07) is 14.6. The molecule has 1 aromatic heterocycles. The monoisotopic (exact) mass is 426 g/mol. The number of benzene rings is 2. The van der Waals surface area contributed by atoms with Gasteiger partial charge in [-0.25, -0.2) is 13.1 Å². The van der Waals surface area contributed by atoms with E-state index in [9.17, 15) is 13.2 Å². The summed E-state index contributed by atoms with van der Waals surface area (Å²) in [7, 11) is -3.64. The molecule has 0 aliphatic heterocycles. The Morgan fingerprint density at radius 2 is 1.83 bits per heavy atom. The summed E-state index contributed by atoms with van der Waals surface area (Å²) in [5, 5.41) is 3.83. The van der Waals surface area contributed by atoms with Crippen molar-refractivity contribution in [2.45, 2.75) is 50.0 Å². The van der Waals surface area contributed by atoms with Crippen LogP contribution >= 0.6 is 0 Å². The number of amides is 1. The van der Waals surface area contributed by atoms with Crippen molar-refractivity contribution in [2.24, 2.45) is 0 Å². The van der Waals surface area contributed by atoms with Crippen molar-refractivity contribution in [2.75, 3.05) is 6.54 Å². The van der Waals surface area contributed by atoms with Gasteiger partial charge in [0.15, 0.2) is 0 Å². The molecule has 2 N–H and O–H groups in total. The SMILES string of the molecule is CC(NC(=O)CCNS(=O)(=O)c1ccc2c(c1)CCCC2)c1cc2ccccc2o1. The van der Waals surface area contributed by atoms with Crippen molar-refractivity contribution in [1.29, 1.82) is 0 Å². The normalized spacial score (nSPS) is 15.0. The van der Waals surface area contributed by atoms with Crippen LogP contribution in [-0.4, -0.2) is 20.9 Å². The van der Waals surface area contributed by atoms with E-state index in [1.807, 2.05) is 43.3 Å². The van der Waals surface area contributed by atoms with Gasteiger partial charge in [-0.2, -0.15) is 0 Å². The molecule has 4 rings (SSSR count). The van der Waals surface area contributed by atoms with Crippen molar-refractivity contribution in [3.63, 3.8) is 0 Å². The fraction of sp³-hybridized carbons (Fsp3) is 0.348. The molecule has 0 saturated carbocycles. The Kier molecular flexibility index (Phi) is 5.92. The van der Waals surface area contributed by atoms with Crippen LogP contribution in [0, 0.1) is 0 Å². The maximum absolute atomic E-state index is 12.6. The second-order valence-corrected chi connectivity index (χ2v) is 9.53. The number of carbonyl (C=O) groups excluding carboxylic acids is 1. The molecule has 0 fully saturated rings. The third-order valence-corrected chi connectivity index (χ3v) is 6.98. The molecule has 1 aliphatic carbocycles. The lowest BCUT2D eigenvalue weighted by Crippen LogP contribution is -2.32. The molecule has 3 aromatic rings. The topological polar surface area (TPSA) is 88.4 Å². The first kappa shape index (κ1) is 20.6. The van der Waals surface area contributed by atoms with Gasteiger partial charge in [0, 0.05) is 18.4 Å². The number of sulfonamides is 1. The standard InChI is InChI=1S/C23H26N2O4S/c1-16(22-15-19-8-4-5-9-21(19)29-22)25-23(26)12-13-24-30(27,28)20-11-10-17-6-2-3-7-18(17)14-20/h4-5,8-11,14-16,24H,2-3,6-7,12-13H2,1H3,(H,25,26). The zero-order valence-electron chi connectivity index (χ0n) is 17.0. The van der Waals surface area contributed by atoms with Crippen molar-refractivity contribution in [1.82, 2.24) is 10.0 Å². The van der Waals surface area contributed by atoms with E-state index in [0.29, 0.717) is 5.76 Å². The molecule has 7 heteroatoms. The van der Waals surface area contributed by atoms with Crippen LogP contribution in [0.1, 0.15) is 49.1 Å². The summed E-state index contributed by atoms with van der Waals surface area (Å²) < 4.78 is 33.5. The summed E-state index contributed by atoms with van der Waals surface area (Å²) >= 11 is 0. The fourth-order valence-corrected chi connectivity index (χ4v) is 4.94. The number of rotatable bonds is 7. The van der Waals surface area contributed by atoms with Gasteiger partial charge in [0.2, 0.25) is 15.9 Å². The number of carbonyl (C=O) groups is 1. The number of aryl methyl sites for hydroxylation is 2. The van der Waals surface area contributed by atoms with E-state index in [4.69, 9.17) is 4.42 Å². The van der Waals surface area contributed by atoms with Crippen LogP contribution in [-0.2, 0) is 27.7 Å². The van der Waals surface area contributed by atoms with Crippen LogP contribution in [0.5, 0.6) is 0 Å². The lowest BCUT2D eigenvalue weighted by molar-refractivity contribution is -0.121. The molecule has 1 aliphatic rings. The van der Waals surface area contributed by atoms with E-state index in [0.717, 1.165) is 42.2 Å². The minimum Gasteiger partial charge on any atom is -0.459 e. The predicted molar refractivity (Wildman–Crippen MR) is 116 cm³/mol. The van der Waals surface area contributed by atoms with Crippen LogP contribution in [0.25, 0.3) is 11.0 Å². The van der Waals surface area contributed by atoms with Gasteiger partial charge in [-0.1, -0.05) is 24.3 Å². The van der Waals surface area contributed by atoms with Crippen LogP contribution < -0.4 is 10.0 Å². The highest BCUT2D eigenvalue weighted by molar-refractivity contribution is 7.89. The average molecular weight is 427 g/mol. The van der Waals surface area contributed by atoms with E-state index in [1.165, 1.54) is 5.56 Å². The first-order valence-corrected chi connectivity index (χ1v) is 11.8. The Morgan fingerprint density at radius 1 is 1.07 bits per heavy atom. The number of hydrogen-bond donors (Lipinski definition) is 2. The maximum Gasteiger partial charge on any atom is 0.240 e. The highest BCUT2D eigenvalue weighted by atomic mass is 32.2. The summed E-state index contributed by atoms with van der Waals surface area (Å²) in [6.45, 7) is 1.88. The van der Waals surface area contributed by atoms with Crippen LogP contribution in [0.3, 0.4) is 0 Å². The molecule has 1 atom stereocenters. The zero-order chi connectivity index (χ0) is 21.1. The molecular formula is C23H26N2O4S. The Labute approximate surface area is 176 Å². The largest absolute Gasteiger partial charge is 0.459 e. The summed E-state index contributed by atoms with van der Waals surface area (Å²) in [4.78, 5) is 12.5. The molecule has 158 valence electrons. The average Bonchev–Trinajstić information content (AvgIpc) is 3.18. The van der Waals surface area contributed by atoms with Crippen LogP contribution in [0.2, 0.25) is 0 Å². The fourth-order valence-electron chi connectivity index (χ4n) is 3.86. The molecule has 1 heterocycles. The number of nitrogens with one attached hydrogen (secondary N) is 2. The molecule has 6 nitrogen and oxygen atoms in total. The molecule has 1 unspecified atom stereocenters. The third-order valence-electron chi connectivity index (χ3n) is 5.52. The van der Waals surface area contributed by atoms with Gasteiger partial charge in [-0.15, -0.1) is 0 Å². The summed E-state index contributed by atoms with van der Waals surface area (Å²) in [6.07, 6.45) is 4.22. The highest BCUT2D eigenvalue weighted by Gasteiger charge is 2.19. The first-order chi connectivity index (χ1) is 14.4. The quantitative estimate of drug-likeness (QED) is 0.600. The van der Waals surface area contributed by atoms with Crippen molar-refractivity contribution < 1.29 is 17.6 Å². The van der Waals surface area contributed by atoms with E-state index in [1.54, 1.807) is 12.1 Å². The Hall–Kier alpha value is -2.64. The Balaban J connectivity index is 1.31. The van der Waals surface area contributed by atoms with Crippen LogP contribution in [0.4, 0.5) is 0 Å². The smallest absolute Gasteiger partial charge is 0.240 e. The number of fused-ring (bicyclic) bond motifs is 2. The first-order valence-electron chi connectivity index (χ1n) is 10.3. The minimum atomic E-state index is -3.64. The highest BCUT2D eigenvalue weighted by Crippen LogP contribution is 2.25. The van der Waals surface area contributed by atoms with E-state index < -0.39 is 10.0 Å². The van der Waals surface area contributed by atoms with Gasteiger partial charge in [0.1, 0.15) is 11.3 Å². The summed E-state index contributed by atoms with van der Waals surface area (Å²) in [5.74, 6) is 0.426. The van der Waals surface area contributed by atoms with Gasteiger partial charge in [0.25, 0.3) is 0 Å². The van der Waals surface area contributed by atoms with Crippen molar-refractivity contribution in [3.8, 4) is 0 Å². The summed E-state index contributed by atoms with van der Waals surface area (Å²) in [5.41, 5.74) is 3.12. The Morgan fingerprint density at radius 3 is 2.63 bits per heavy atom. The molecular weight excluding hydrogens is 400 g/mol. The van der Waals surface area contributed by atoms with Crippen molar-refractivity contribution >= 4 is 26.9 Å². The molecule has 1 amide bonds. The van der Waals surface area contributed by atoms with Gasteiger partial charge in [-0.3, -0.25) is 4.79 Å². The Bertz CT molecular complexity index is 1130. The number of furan rings is 1. The third kappa shape index (κ3) is 4.57. The maximum atomic E-state index is 12.6. The molecule has 2 aromatic carbocycles. The molecule has 0 bridgehead atoms. The second-order valence-electron chi connectivity index (χ2n) is 7.76. The van der Waals surface area contributed by atoms with Crippen molar-refractivity contribution in [3.05, 3.63) is 65.4 Å². The number of para-hydroxylation sites is 1. The number of hydrogen-bond acceptors (Lipinski definition) is 4. The van der Waals surface area contributed by atoms with E-state index >= 15 is 0 Å². The van der Waals surface area contributed by atoms with Crippen LogP contribution in [0.15, 0.2) is 57.8 Å². The molecule has 0 spiro atoms. The van der Waals surface area contributed by atoms with E-state index in [-0.39, 0.29) is 29.8 Å². The van der Waals surface area contributed by atoms with Gasteiger partial charge in [-0.05, 0) is 68.0 Å². The molecule has 0 radical (unpaired) electrons. The second kappa shape index (κ2) is 8.62. The zero-order valence-corrected chi connectivity index (χ0v) is 17.8. The minimum absolute atomic E-state index is 0.0398. The predicted octanol–water partition coefficient (Wildman–Crippen LogP) is 3.86. The molecule has 0 saturated heterocycles. The van der Waals surface area contributed by atoms with Gasteiger partial charge in [0.05, 0.1) is 10.9 Å². The van der Waals surface area contributed by atoms with Gasteiger partial charge >= 0.3 is 0 Å². The lowest BCUT2D eigenvalue weighted by atomic mass is 9.92.